The Morgan fingerprint density at radius 3 is 2.08 bits per heavy atom. The van der Waals surface area contributed by atoms with Crippen LogP contribution in [0.15, 0.2) is 157 Å². The fraction of sp³-hybridized carbons (Fsp3) is 0.180. The molecular weight excluding hydrogens is 739 g/mol. The summed E-state index contributed by atoms with van der Waals surface area (Å²) in [5, 5.41) is 14.8. The van der Waals surface area contributed by atoms with Crippen LogP contribution in [0.1, 0.15) is 51.4 Å². The Morgan fingerprint density at radius 2 is 1.36 bits per heavy atom. The second kappa shape index (κ2) is 13.8. The second-order valence-electron chi connectivity index (χ2n) is 16.1. The topological polar surface area (TPSA) is 124 Å². The van der Waals surface area contributed by atoms with Crippen LogP contribution < -0.4 is 10.3 Å². The van der Waals surface area contributed by atoms with Gasteiger partial charge in [0.15, 0.2) is 5.78 Å². The molecule has 1 saturated carbocycles. The zero-order valence-electron chi connectivity index (χ0n) is 32.1. The van der Waals surface area contributed by atoms with E-state index in [0.717, 1.165) is 21.5 Å². The normalized spacial score (nSPS) is 24.8. The number of rotatable bonds is 7. The number of hydrazine groups is 1. The molecule has 0 radical (unpaired) electrons. The standard InChI is InChI=1S/C50H39N3O6/c1-29-16-21-34(22-17-29)51-53-47(57)41-28-40-37(43(50(41,49(53)59)33-13-6-3-7-14-33)39-25-20-30-10-8-9-15-36(30)45(39)55)26-27-38-42(40)48(58)52(46(38)56)35-23-18-32(19-24-35)44(54)31-11-4-2-5-12-31/h2-26,38,40-43,51,55H,27-28H2,1H3/t38-,40+,41-,42-,43+,50+/m0/s1. The molecule has 0 unspecified atom stereocenters. The van der Waals surface area contributed by atoms with Gasteiger partial charge >= 0.3 is 0 Å². The van der Waals surface area contributed by atoms with Crippen LogP contribution in [-0.2, 0) is 24.6 Å². The lowest BCUT2D eigenvalue weighted by Crippen LogP contribution is -2.53. The van der Waals surface area contributed by atoms with E-state index in [9.17, 15) is 19.5 Å². The number of allylic oxidation sites excluding steroid dienone is 2. The summed E-state index contributed by atoms with van der Waals surface area (Å²) in [6, 6.07) is 43.3. The highest BCUT2D eigenvalue weighted by atomic mass is 16.3. The van der Waals surface area contributed by atoms with E-state index < -0.39 is 52.7 Å². The minimum absolute atomic E-state index is 0.00314. The molecule has 6 atom stereocenters. The summed E-state index contributed by atoms with van der Waals surface area (Å²) in [5.74, 6) is -5.80. The molecule has 2 aliphatic heterocycles. The van der Waals surface area contributed by atoms with Gasteiger partial charge < -0.3 is 5.11 Å². The molecule has 0 bridgehead atoms. The first kappa shape index (κ1) is 36.2. The van der Waals surface area contributed by atoms with Crippen molar-refractivity contribution in [2.45, 2.75) is 31.1 Å². The molecule has 59 heavy (non-hydrogen) atoms. The number of hydrogen-bond acceptors (Lipinski definition) is 7. The number of anilines is 2. The van der Waals surface area contributed by atoms with Gasteiger partial charge in [0.05, 0.1) is 34.5 Å². The smallest absolute Gasteiger partial charge is 0.260 e. The van der Waals surface area contributed by atoms with Crippen molar-refractivity contribution in [2.75, 3.05) is 10.3 Å². The summed E-state index contributed by atoms with van der Waals surface area (Å²) in [6.45, 7) is 1.95. The quantitative estimate of drug-likeness (QED) is 0.0951. The van der Waals surface area contributed by atoms with Gasteiger partial charge in [-0.25, -0.2) is 0 Å². The Kier molecular flexibility index (Phi) is 8.45. The molecule has 6 aromatic carbocycles. The van der Waals surface area contributed by atoms with Crippen LogP contribution in [0, 0.1) is 30.6 Å². The van der Waals surface area contributed by atoms with Crippen LogP contribution in [0.5, 0.6) is 5.75 Å². The third-order valence-electron chi connectivity index (χ3n) is 13.1. The summed E-state index contributed by atoms with van der Waals surface area (Å²) in [4.78, 5) is 74.1. The molecule has 9 heteroatoms. The number of amides is 4. The number of benzene rings is 6. The van der Waals surface area contributed by atoms with Gasteiger partial charge in [0.25, 0.3) is 11.8 Å². The highest BCUT2D eigenvalue weighted by molar-refractivity contribution is 6.23. The fourth-order valence-electron chi connectivity index (χ4n) is 10.4. The van der Waals surface area contributed by atoms with Gasteiger partial charge in [-0.2, -0.15) is 5.01 Å². The van der Waals surface area contributed by atoms with Gasteiger partial charge in [0.1, 0.15) is 5.75 Å². The predicted molar refractivity (Wildman–Crippen MR) is 223 cm³/mol. The molecule has 6 aromatic rings. The monoisotopic (exact) mass is 777 g/mol. The highest BCUT2D eigenvalue weighted by Gasteiger charge is 2.70. The Morgan fingerprint density at radius 1 is 0.695 bits per heavy atom. The zero-order chi connectivity index (χ0) is 40.6. The maximum absolute atomic E-state index is 15.5. The van der Waals surface area contributed by atoms with Gasteiger partial charge in [-0.15, -0.1) is 0 Å². The number of phenolic OH excluding ortho intramolecular Hbond substituents is 1. The Labute approximate surface area is 340 Å². The van der Waals surface area contributed by atoms with E-state index in [1.54, 1.807) is 48.5 Å². The van der Waals surface area contributed by atoms with Crippen molar-refractivity contribution in [3.63, 3.8) is 0 Å². The molecule has 0 spiro atoms. The third kappa shape index (κ3) is 5.41. The number of fused-ring (bicyclic) bond motifs is 5. The van der Waals surface area contributed by atoms with Crippen molar-refractivity contribution in [3.8, 4) is 5.75 Å². The van der Waals surface area contributed by atoms with Crippen molar-refractivity contribution in [3.05, 3.63) is 185 Å². The van der Waals surface area contributed by atoms with Crippen LogP contribution in [0.4, 0.5) is 11.4 Å². The number of ketones is 1. The molecule has 290 valence electrons. The number of nitrogens with zero attached hydrogens (tertiary/aromatic N) is 2. The molecule has 4 aliphatic rings. The van der Waals surface area contributed by atoms with E-state index >= 15 is 9.59 Å². The number of aromatic hydroxyl groups is 1. The van der Waals surface area contributed by atoms with Crippen molar-refractivity contribution >= 4 is 51.6 Å². The van der Waals surface area contributed by atoms with Crippen LogP contribution in [-0.4, -0.2) is 39.5 Å². The predicted octanol–water partition coefficient (Wildman–Crippen LogP) is 8.27. The van der Waals surface area contributed by atoms with E-state index in [4.69, 9.17) is 0 Å². The van der Waals surface area contributed by atoms with Crippen LogP contribution in [0.2, 0.25) is 0 Å². The van der Waals surface area contributed by atoms with Gasteiger partial charge in [-0.05, 0) is 73.0 Å². The average molecular weight is 778 g/mol. The maximum atomic E-state index is 15.5. The first-order valence-electron chi connectivity index (χ1n) is 19.9. The lowest BCUT2D eigenvalue weighted by molar-refractivity contribution is -0.138. The van der Waals surface area contributed by atoms with E-state index in [1.165, 1.54) is 4.90 Å². The summed E-state index contributed by atoms with van der Waals surface area (Å²) in [6.07, 6.45) is 2.34. The summed E-state index contributed by atoms with van der Waals surface area (Å²) >= 11 is 0. The van der Waals surface area contributed by atoms with Crippen molar-refractivity contribution in [1.29, 1.82) is 0 Å². The maximum Gasteiger partial charge on any atom is 0.260 e. The van der Waals surface area contributed by atoms with E-state index in [0.29, 0.717) is 39.0 Å². The van der Waals surface area contributed by atoms with Crippen LogP contribution >= 0.6 is 0 Å². The molecule has 2 saturated heterocycles. The first-order chi connectivity index (χ1) is 28.7. The lowest BCUT2D eigenvalue weighted by Gasteiger charge is -2.50. The Bertz CT molecular complexity index is 2750. The molecule has 4 amide bonds. The number of carbonyl (C=O) groups excluding carboxylic acids is 5. The fourth-order valence-corrected chi connectivity index (χ4v) is 10.4. The van der Waals surface area contributed by atoms with Gasteiger partial charge in [-0.1, -0.05) is 126 Å². The van der Waals surface area contributed by atoms with Gasteiger partial charge in [0, 0.05) is 28.0 Å². The van der Waals surface area contributed by atoms with Crippen molar-refractivity contribution in [1.82, 2.24) is 5.01 Å². The van der Waals surface area contributed by atoms with Crippen molar-refractivity contribution < 1.29 is 29.1 Å². The molecule has 3 fully saturated rings. The number of aryl methyl sites for hydroxylation is 1. The van der Waals surface area contributed by atoms with Gasteiger partial charge in [0.2, 0.25) is 11.8 Å². The van der Waals surface area contributed by atoms with Crippen LogP contribution in [0.3, 0.4) is 0 Å². The summed E-state index contributed by atoms with van der Waals surface area (Å²) in [5.41, 5.74) is 6.35. The number of carbonyl (C=O) groups is 5. The van der Waals surface area contributed by atoms with E-state index in [1.807, 2.05) is 110 Å². The molecule has 9 nitrogen and oxygen atoms in total. The minimum atomic E-state index is -1.52. The minimum Gasteiger partial charge on any atom is -0.507 e. The molecule has 2 N–H and O–H groups in total. The molecule has 2 heterocycles. The van der Waals surface area contributed by atoms with Gasteiger partial charge in [-0.3, -0.25) is 34.3 Å². The number of hydrogen-bond donors (Lipinski definition) is 2. The lowest BCUT2D eigenvalue weighted by atomic mass is 9.49. The number of phenols is 1. The Hall–Kier alpha value is -7.13. The van der Waals surface area contributed by atoms with Crippen LogP contribution in [0.25, 0.3) is 10.8 Å². The zero-order valence-corrected chi connectivity index (χ0v) is 32.1. The summed E-state index contributed by atoms with van der Waals surface area (Å²) < 4.78 is 0. The molecule has 2 aliphatic carbocycles. The molecular formula is C50H39N3O6. The number of nitrogens with one attached hydrogen (secondary N) is 1. The first-order valence-corrected chi connectivity index (χ1v) is 19.9. The number of imide groups is 2. The molecule has 0 aromatic heterocycles. The summed E-state index contributed by atoms with van der Waals surface area (Å²) in [7, 11) is 0. The van der Waals surface area contributed by atoms with Crippen molar-refractivity contribution in [2.24, 2.45) is 23.7 Å². The SMILES string of the molecule is Cc1ccc(NN2C(=O)[C@@H]3C[C@@H]4C(=CC[C@@H]5C(=O)N(c6ccc(C(=O)c7ccccc7)cc6)C(=O)[C@@H]54)[C@H](c4ccc5ccccc5c4O)[C@]3(c3ccccc3)C2=O)cc1. The third-order valence-corrected chi connectivity index (χ3v) is 13.1. The molecule has 10 rings (SSSR count). The van der Waals surface area contributed by atoms with E-state index in [-0.39, 0.29) is 30.3 Å². The second-order valence-corrected chi connectivity index (χ2v) is 16.1. The largest absolute Gasteiger partial charge is 0.507 e. The Balaban J connectivity index is 1.11. The highest BCUT2D eigenvalue weighted by Crippen LogP contribution is 2.65. The van der Waals surface area contributed by atoms with E-state index in [2.05, 4.69) is 5.43 Å². The average Bonchev–Trinajstić information content (AvgIpc) is 3.65.